The first-order valence-electron chi connectivity index (χ1n) is 6.02. The van der Waals surface area contributed by atoms with Gasteiger partial charge in [0.15, 0.2) is 0 Å². The largest absolute Gasteiger partial charge is 0.478 e. The van der Waals surface area contributed by atoms with Gasteiger partial charge in [0.1, 0.15) is 5.76 Å². The van der Waals surface area contributed by atoms with E-state index < -0.39 is 11.9 Å². The van der Waals surface area contributed by atoms with Crippen molar-refractivity contribution in [2.24, 2.45) is 0 Å². The Morgan fingerprint density at radius 1 is 1.25 bits per heavy atom. The van der Waals surface area contributed by atoms with E-state index >= 15 is 0 Å². The summed E-state index contributed by atoms with van der Waals surface area (Å²) < 4.78 is 5.34. The maximum Gasteiger partial charge on any atom is 0.336 e. The molecule has 0 fully saturated rings. The van der Waals surface area contributed by atoms with Crippen LogP contribution in [0.1, 0.15) is 38.1 Å². The van der Waals surface area contributed by atoms with Crippen LogP contribution in [0.5, 0.6) is 0 Å². The van der Waals surface area contributed by atoms with Crippen LogP contribution < -0.4 is 5.32 Å². The van der Waals surface area contributed by atoms with Gasteiger partial charge in [-0.3, -0.25) is 4.79 Å². The highest BCUT2D eigenvalue weighted by atomic mass is 16.4. The van der Waals surface area contributed by atoms with Gasteiger partial charge >= 0.3 is 5.97 Å². The number of carbonyl (C=O) groups excluding carboxylic acids is 1. The van der Waals surface area contributed by atoms with Crippen molar-refractivity contribution in [3.8, 4) is 0 Å². The number of carbonyl (C=O) groups is 2. The van der Waals surface area contributed by atoms with Crippen molar-refractivity contribution in [1.29, 1.82) is 0 Å². The fraction of sp³-hybridized carbons (Fsp3) is 0.214. The molecule has 1 aromatic heterocycles. The smallest absolute Gasteiger partial charge is 0.336 e. The second kappa shape index (κ2) is 5.56. The topological polar surface area (TPSA) is 92.4 Å². The third kappa shape index (κ3) is 2.85. The normalized spacial score (nSPS) is 10.3. The van der Waals surface area contributed by atoms with Crippen LogP contribution in [-0.4, -0.2) is 22.0 Å². The zero-order valence-electron chi connectivity index (χ0n) is 11.1. The van der Waals surface area contributed by atoms with Crippen LogP contribution in [-0.2, 0) is 6.54 Å². The Balaban J connectivity index is 2.11. The minimum atomic E-state index is -1.14. The van der Waals surface area contributed by atoms with E-state index in [1.165, 1.54) is 12.1 Å². The average Bonchev–Trinajstić information content (AvgIpc) is 2.75. The van der Waals surface area contributed by atoms with E-state index in [-0.39, 0.29) is 17.7 Å². The number of hydrogen-bond donors (Lipinski definition) is 2. The average molecular weight is 274 g/mol. The summed E-state index contributed by atoms with van der Waals surface area (Å²) in [6, 6.07) is 6.03. The molecule has 2 N–H and O–H groups in total. The van der Waals surface area contributed by atoms with Crippen LogP contribution in [0, 0.1) is 13.8 Å². The minimum Gasteiger partial charge on any atom is -0.478 e. The highest BCUT2D eigenvalue weighted by Gasteiger charge is 2.16. The molecule has 104 valence electrons. The standard InChI is InChI=1S/C14H14N2O4/c1-8-9(2)20-12(16-8)7-15-13(17)10-5-3-4-6-11(10)14(18)19/h3-6H,7H2,1-2H3,(H,15,17)(H,18,19). The van der Waals surface area contributed by atoms with Gasteiger partial charge in [-0.25, -0.2) is 9.78 Å². The lowest BCUT2D eigenvalue weighted by Gasteiger charge is -2.05. The number of oxazole rings is 1. The molecule has 0 saturated heterocycles. The molecule has 0 aliphatic heterocycles. The molecule has 0 atom stereocenters. The van der Waals surface area contributed by atoms with E-state index in [2.05, 4.69) is 10.3 Å². The molecule has 1 aromatic carbocycles. The first kappa shape index (κ1) is 13.8. The zero-order chi connectivity index (χ0) is 14.7. The number of aryl methyl sites for hydroxylation is 2. The van der Waals surface area contributed by atoms with Crippen molar-refractivity contribution < 1.29 is 19.1 Å². The Bertz CT molecular complexity index is 641. The van der Waals surface area contributed by atoms with Crippen LogP contribution >= 0.6 is 0 Å². The van der Waals surface area contributed by atoms with Crippen molar-refractivity contribution in [3.05, 3.63) is 52.7 Å². The highest BCUT2D eigenvalue weighted by molar-refractivity contribution is 6.04. The van der Waals surface area contributed by atoms with Crippen molar-refractivity contribution in [3.63, 3.8) is 0 Å². The van der Waals surface area contributed by atoms with Crippen LogP contribution in [0.2, 0.25) is 0 Å². The maximum absolute atomic E-state index is 12.0. The molecule has 0 aliphatic rings. The molecule has 2 rings (SSSR count). The van der Waals surface area contributed by atoms with Crippen LogP contribution in [0.3, 0.4) is 0 Å². The van der Waals surface area contributed by atoms with Gasteiger partial charge in [0.2, 0.25) is 5.89 Å². The monoisotopic (exact) mass is 274 g/mol. The quantitative estimate of drug-likeness (QED) is 0.888. The number of aromatic nitrogens is 1. The van der Waals surface area contributed by atoms with Gasteiger partial charge in [0, 0.05) is 0 Å². The molecule has 0 aliphatic carbocycles. The van der Waals surface area contributed by atoms with Crippen molar-refractivity contribution in [2.45, 2.75) is 20.4 Å². The highest BCUT2D eigenvalue weighted by Crippen LogP contribution is 2.10. The summed E-state index contributed by atoms with van der Waals surface area (Å²) >= 11 is 0. The lowest BCUT2D eigenvalue weighted by atomic mass is 10.1. The first-order chi connectivity index (χ1) is 9.49. The summed E-state index contributed by atoms with van der Waals surface area (Å²) in [5.74, 6) is -0.531. The summed E-state index contributed by atoms with van der Waals surface area (Å²) in [5.41, 5.74) is 0.838. The first-order valence-corrected chi connectivity index (χ1v) is 6.02. The van der Waals surface area contributed by atoms with Gasteiger partial charge in [-0.1, -0.05) is 12.1 Å². The molecule has 2 aromatic rings. The molecule has 0 radical (unpaired) electrons. The van der Waals surface area contributed by atoms with E-state index in [4.69, 9.17) is 9.52 Å². The fourth-order valence-corrected chi connectivity index (χ4v) is 1.73. The van der Waals surface area contributed by atoms with Crippen molar-refractivity contribution >= 4 is 11.9 Å². The molecule has 1 amide bonds. The Labute approximate surface area is 115 Å². The number of hydrogen-bond acceptors (Lipinski definition) is 4. The molecular weight excluding hydrogens is 260 g/mol. The third-order valence-corrected chi connectivity index (χ3v) is 2.88. The second-order valence-corrected chi connectivity index (χ2v) is 4.28. The van der Waals surface area contributed by atoms with E-state index in [0.717, 1.165) is 5.69 Å². The minimum absolute atomic E-state index is 0.0373. The van der Waals surface area contributed by atoms with Gasteiger partial charge in [-0.05, 0) is 26.0 Å². The SMILES string of the molecule is Cc1nc(CNC(=O)c2ccccc2C(=O)O)oc1C. The van der Waals surface area contributed by atoms with Gasteiger partial charge in [-0.15, -0.1) is 0 Å². The zero-order valence-corrected chi connectivity index (χ0v) is 11.1. The Kier molecular flexibility index (Phi) is 3.84. The number of nitrogens with one attached hydrogen (secondary N) is 1. The molecule has 6 heteroatoms. The van der Waals surface area contributed by atoms with Gasteiger partial charge in [0.05, 0.1) is 23.4 Å². The molecule has 6 nitrogen and oxygen atoms in total. The molecule has 0 saturated carbocycles. The van der Waals surface area contributed by atoms with Gasteiger partial charge in [0.25, 0.3) is 5.91 Å². The lowest BCUT2D eigenvalue weighted by molar-refractivity contribution is 0.0691. The molecular formula is C14H14N2O4. The summed E-state index contributed by atoms with van der Waals surface area (Å²) in [6.45, 7) is 3.71. The molecule has 0 unspecified atom stereocenters. The maximum atomic E-state index is 12.0. The van der Waals surface area contributed by atoms with Gasteiger partial charge in [-0.2, -0.15) is 0 Å². The van der Waals surface area contributed by atoms with Crippen molar-refractivity contribution in [2.75, 3.05) is 0 Å². The summed E-state index contributed by atoms with van der Waals surface area (Å²) in [5, 5.41) is 11.6. The Hall–Kier alpha value is -2.63. The summed E-state index contributed by atoms with van der Waals surface area (Å²) in [4.78, 5) is 27.2. The van der Waals surface area contributed by atoms with E-state index in [0.29, 0.717) is 11.7 Å². The van der Waals surface area contributed by atoms with Crippen LogP contribution in [0.15, 0.2) is 28.7 Å². The van der Waals surface area contributed by atoms with E-state index in [1.54, 1.807) is 19.1 Å². The molecule has 1 heterocycles. The number of rotatable bonds is 4. The Morgan fingerprint density at radius 3 is 2.45 bits per heavy atom. The number of benzene rings is 1. The molecule has 0 spiro atoms. The predicted molar refractivity (Wildman–Crippen MR) is 70.5 cm³/mol. The fourth-order valence-electron chi connectivity index (χ4n) is 1.73. The van der Waals surface area contributed by atoms with Crippen molar-refractivity contribution in [1.82, 2.24) is 10.3 Å². The van der Waals surface area contributed by atoms with E-state index in [9.17, 15) is 9.59 Å². The van der Waals surface area contributed by atoms with Crippen LogP contribution in [0.25, 0.3) is 0 Å². The number of carboxylic acid groups (broad SMARTS) is 1. The summed E-state index contributed by atoms with van der Waals surface area (Å²) in [6.07, 6.45) is 0. The molecule has 0 bridgehead atoms. The lowest BCUT2D eigenvalue weighted by Crippen LogP contribution is -2.25. The van der Waals surface area contributed by atoms with Gasteiger partial charge < -0.3 is 14.8 Å². The predicted octanol–water partition coefficient (Wildman–Crippen LogP) is 1.92. The van der Waals surface area contributed by atoms with E-state index in [1.807, 2.05) is 6.92 Å². The summed E-state index contributed by atoms with van der Waals surface area (Å²) in [7, 11) is 0. The number of aromatic carboxylic acids is 1. The third-order valence-electron chi connectivity index (χ3n) is 2.88. The number of carboxylic acids is 1. The number of nitrogens with zero attached hydrogens (tertiary/aromatic N) is 1. The Morgan fingerprint density at radius 2 is 1.90 bits per heavy atom. The van der Waals surface area contributed by atoms with Crippen LogP contribution in [0.4, 0.5) is 0 Å². The molecule has 20 heavy (non-hydrogen) atoms. The second-order valence-electron chi connectivity index (χ2n) is 4.28. The number of amides is 1.